The van der Waals surface area contributed by atoms with E-state index >= 15 is 0 Å². The van der Waals surface area contributed by atoms with Gasteiger partial charge in [0.25, 0.3) is 5.91 Å². The number of Topliss-reactive ketones (excluding diaryl/α,β-unsaturated/α-hetero) is 1. The van der Waals surface area contributed by atoms with Crippen molar-refractivity contribution in [2.24, 2.45) is 5.92 Å². The first-order valence-electron chi connectivity index (χ1n) is 6.33. The molecule has 1 amide bonds. The molecule has 0 atom stereocenters. The van der Waals surface area contributed by atoms with E-state index in [-0.39, 0.29) is 18.0 Å². The molecular weight excluding hydrogens is 285 g/mol. The van der Waals surface area contributed by atoms with Crippen LogP contribution in [-0.4, -0.2) is 11.7 Å². The predicted octanol–water partition coefficient (Wildman–Crippen LogP) is 3.41. The summed E-state index contributed by atoms with van der Waals surface area (Å²) in [6, 6.07) is 3.25. The molecule has 7 heteroatoms. The number of halogens is 3. The van der Waals surface area contributed by atoms with Crippen LogP contribution in [0.15, 0.2) is 18.2 Å². The zero-order chi connectivity index (χ0) is 16.2. The van der Waals surface area contributed by atoms with Gasteiger partial charge in [-0.2, -0.15) is 13.2 Å². The summed E-state index contributed by atoms with van der Waals surface area (Å²) in [7, 11) is 0. The van der Waals surface area contributed by atoms with E-state index < -0.39 is 29.0 Å². The highest BCUT2D eigenvalue weighted by Gasteiger charge is 2.35. The van der Waals surface area contributed by atoms with Crippen molar-refractivity contribution in [2.75, 3.05) is 5.43 Å². The van der Waals surface area contributed by atoms with Gasteiger partial charge in [-0.3, -0.25) is 15.0 Å². The highest BCUT2D eigenvalue weighted by molar-refractivity contribution is 6.01. The van der Waals surface area contributed by atoms with Gasteiger partial charge >= 0.3 is 6.18 Å². The molecule has 4 nitrogen and oxygen atoms in total. The molecule has 115 valence electrons. The number of rotatable bonds is 5. The zero-order valence-corrected chi connectivity index (χ0v) is 11.9. The number of carbonyl (C=O) groups excluding carboxylic acids is 2. The van der Waals surface area contributed by atoms with E-state index in [0.29, 0.717) is 0 Å². The van der Waals surface area contributed by atoms with E-state index in [1.54, 1.807) is 0 Å². The summed E-state index contributed by atoms with van der Waals surface area (Å²) in [6.45, 7) is 4.67. The molecular formula is C14H16F3N2O2. The standard InChI is InChI=1S/C14H16F3N2O2/c1-8(2)7-12(21)19-18-11-6-4-5-10(14(15,16)17)13(11)9(3)20/h4-6,8,18H,7H2,1-3H3. The maximum Gasteiger partial charge on any atom is 0.417 e. The molecule has 1 radical (unpaired) electrons. The SMILES string of the molecule is CC(=O)c1c(N[N]C(=O)CC(C)C)cccc1C(F)(F)F. The molecule has 1 aromatic rings. The van der Waals surface area contributed by atoms with Gasteiger partial charge in [0.15, 0.2) is 5.78 Å². The number of alkyl halides is 3. The number of amides is 1. The summed E-state index contributed by atoms with van der Waals surface area (Å²) in [6.07, 6.45) is -4.48. The maximum atomic E-state index is 12.9. The van der Waals surface area contributed by atoms with Gasteiger partial charge in [0, 0.05) is 6.42 Å². The second kappa shape index (κ2) is 6.60. The van der Waals surface area contributed by atoms with E-state index in [0.717, 1.165) is 19.1 Å². The molecule has 0 aliphatic rings. The van der Waals surface area contributed by atoms with Crippen LogP contribution < -0.4 is 10.9 Å². The van der Waals surface area contributed by atoms with E-state index in [4.69, 9.17) is 0 Å². The van der Waals surface area contributed by atoms with Gasteiger partial charge in [-0.15, -0.1) is 5.43 Å². The third-order valence-electron chi connectivity index (χ3n) is 2.61. The van der Waals surface area contributed by atoms with Crippen LogP contribution in [0.5, 0.6) is 0 Å². The Bertz CT molecular complexity index is 540. The number of nitrogens with one attached hydrogen (secondary N) is 1. The van der Waals surface area contributed by atoms with E-state index in [1.165, 1.54) is 6.07 Å². The molecule has 0 bridgehead atoms. The normalized spacial score (nSPS) is 11.4. The Morgan fingerprint density at radius 1 is 1.29 bits per heavy atom. The molecule has 0 aliphatic carbocycles. The summed E-state index contributed by atoms with van der Waals surface area (Å²) in [4.78, 5) is 22.9. The Morgan fingerprint density at radius 2 is 1.90 bits per heavy atom. The van der Waals surface area contributed by atoms with Gasteiger partial charge in [-0.1, -0.05) is 19.9 Å². The number of hydrogen-bond acceptors (Lipinski definition) is 3. The second-order valence-electron chi connectivity index (χ2n) is 5.00. The van der Waals surface area contributed by atoms with Crippen molar-refractivity contribution < 1.29 is 22.8 Å². The van der Waals surface area contributed by atoms with Crippen molar-refractivity contribution >= 4 is 17.4 Å². The van der Waals surface area contributed by atoms with Gasteiger partial charge in [-0.25, -0.2) is 0 Å². The lowest BCUT2D eigenvalue weighted by molar-refractivity contribution is -0.137. The second-order valence-corrected chi connectivity index (χ2v) is 5.00. The van der Waals surface area contributed by atoms with Crippen molar-refractivity contribution in [3.63, 3.8) is 0 Å². The van der Waals surface area contributed by atoms with Crippen LogP contribution in [0.3, 0.4) is 0 Å². The van der Waals surface area contributed by atoms with Crippen LogP contribution in [0, 0.1) is 5.92 Å². The molecule has 0 spiro atoms. The number of ketones is 1. The minimum absolute atomic E-state index is 0.0804. The van der Waals surface area contributed by atoms with Crippen LogP contribution in [0.1, 0.15) is 43.1 Å². The lowest BCUT2D eigenvalue weighted by Crippen LogP contribution is -2.24. The molecule has 0 saturated heterocycles. The summed E-state index contributed by atoms with van der Waals surface area (Å²) in [5, 5.41) is 0. The molecule has 0 heterocycles. The average Bonchev–Trinajstić information content (AvgIpc) is 2.33. The van der Waals surface area contributed by atoms with Crippen LogP contribution >= 0.6 is 0 Å². The van der Waals surface area contributed by atoms with Crippen LogP contribution in [0.4, 0.5) is 18.9 Å². The largest absolute Gasteiger partial charge is 0.417 e. The Balaban J connectivity index is 3.03. The van der Waals surface area contributed by atoms with Gasteiger partial charge < -0.3 is 0 Å². The zero-order valence-electron chi connectivity index (χ0n) is 11.9. The summed E-state index contributed by atoms with van der Waals surface area (Å²) < 4.78 is 38.6. The Morgan fingerprint density at radius 3 is 2.38 bits per heavy atom. The molecule has 0 aliphatic heterocycles. The molecule has 0 unspecified atom stereocenters. The molecule has 21 heavy (non-hydrogen) atoms. The molecule has 0 fully saturated rings. The van der Waals surface area contributed by atoms with Crippen molar-refractivity contribution in [1.29, 1.82) is 0 Å². The quantitative estimate of drug-likeness (QED) is 0.669. The van der Waals surface area contributed by atoms with Gasteiger partial charge in [0.1, 0.15) is 0 Å². The van der Waals surface area contributed by atoms with Gasteiger partial charge in [0.05, 0.1) is 16.8 Å². The van der Waals surface area contributed by atoms with Crippen molar-refractivity contribution in [3.05, 3.63) is 29.3 Å². The Kier molecular flexibility index (Phi) is 5.34. The number of carbonyl (C=O) groups is 2. The first-order valence-corrected chi connectivity index (χ1v) is 6.33. The average molecular weight is 301 g/mol. The molecule has 1 aromatic carbocycles. The topological polar surface area (TPSA) is 60.3 Å². The highest BCUT2D eigenvalue weighted by Crippen LogP contribution is 2.35. The lowest BCUT2D eigenvalue weighted by atomic mass is 10.0. The van der Waals surface area contributed by atoms with Crippen molar-refractivity contribution in [2.45, 2.75) is 33.4 Å². The fourth-order valence-corrected chi connectivity index (χ4v) is 1.78. The van der Waals surface area contributed by atoms with Crippen molar-refractivity contribution in [1.82, 2.24) is 5.43 Å². The maximum absolute atomic E-state index is 12.9. The fraction of sp³-hybridized carbons (Fsp3) is 0.429. The predicted molar refractivity (Wildman–Crippen MR) is 71.7 cm³/mol. The lowest BCUT2D eigenvalue weighted by Gasteiger charge is -2.15. The number of nitrogens with zero attached hydrogens (tertiary/aromatic N) is 1. The first-order chi connectivity index (χ1) is 9.62. The minimum atomic E-state index is -4.65. The minimum Gasteiger partial charge on any atom is -0.294 e. The number of hydrogen-bond donors (Lipinski definition) is 1. The molecule has 1 N–H and O–H groups in total. The van der Waals surface area contributed by atoms with Crippen LogP contribution in [-0.2, 0) is 11.0 Å². The Labute approximate surface area is 120 Å². The first kappa shape index (κ1) is 17.0. The third kappa shape index (κ3) is 4.77. The summed E-state index contributed by atoms with van der Waals surface area (Å²) >= 11 is 0. The van der Waals surface area contributed by atoms with Crippen LogP contribution in [0.25, 0.3) is 0 Å². The number of anilines is 1. The fourth-order valence-electron chi connectivity index (χ4n) is 1.78. The van der Waals surface area contributed by atoms with Crippen LogP contribution in [0.2, 0.25) is 0 Å². The third-order valence-corrected chi connectivity index (χ3v) is 2.61. The molecule has 1 rings (SSSR count). The van der Waals surface area contributed by atoms with Crippen molar-refractivity contribution in [3.8, 4) is 0 Å². The van der Waals surface area contributed by atoms with Gasteiger partial charge in [-0.05, 0) is 25.0 Å². The molecule has 0 saturated carbocycles. The van der Waals surface area contributed by atoms with E-state index in [9.17, 15) is 22.8 Å². The summed E-state index contributed by atoms with van der Waals surface area (Å²) in [5.74, 6) is -1.16. The smallest absolute Gasteiger partial charge is 0.294 e. The van der Waals surface area contributed by atoms with Gasteiger partial charge in [0.2, 0.25) is 0 Å². The molecule has 0 aromatic heterocycles. The van der Waals surface area contributed by atoms with E-state index in [2.05, 4.69) is 10.9 Å². The monoisotopic (exact) mass is 301 g/mol. The Hall–Kier alpha value is -2.05. The number of benzene rings is 1. The van der Waals surface area contributed by atoms with E-state index in [1.807, 2.05) is 13.8 Å². The summed E-state index contributed by atoms with van der Waals surface area (Å²) in [5.41, 5.74) is 4.06. The highest BCUT2D eigenvalue weighted by atomic mass is 19.4.